The van der Waals surface area contributed by atoms with E-state index in [0.29, 0.717) is 10.5 Å². The third kappa shape index (κ3) is 2.06. The zero-order valence-corrected chi connectivity index (χ0v) is 10.3. The Hall–Kier alpha value is -0.860. The largest absolute Gasteiger partial charge is 0.236 e. The van der Waals surface area contributed by atoms with Crippen molar-refractivity contribution in [2.75, 3.05) is 5.33 Å². The molecule has 0 aliphatic carbocycles. The average molecular weight is 283 g/mol. The molecule has 1 aromatic heterocycles. The molecule has 0 N–H and O–H groups in total. The van der Waals surface area contributed by atoms with Crippen molar-refractivity contribution in [3.05, 3.63) is 47.8 Å². The predicted molar refractivity (Wildman–Crippen MR) is 69.6 cm³/mol. The zero-order chi connectivity index (χ0) is 10.8. The van der Waals surface area contributed by atoms with Crippen LogP contribution in [0.25, 0.3) is 16.3 Å². The maximum atomic E-state index is 6.10. The van der Waals surface area contributed by atoms with E-state index < -0.39 is 0 Å². The number of hydrogen-bond acceptors (Lipinski definition) is 1. The first-order valence-corrected chi connectivity index (χ1v) is 6.01. The molecule has 2 aromatic rings. The Morgan fingerprint density at radius 2 is 2.13 bits per heavy atom. The second kappa shape index (κ2) is 4.33. The fourth-order valence-electron chi connectivity index (χ4n) is 1.41. The minimum absolute atomic E-state index is 0.533. The maximum absolute atomic E-state index is 6.10. The van der Waals surface area contributed by atoms with Gasteiger partial charge < -0.3 is 0 Å². The molecule has 1 nitrogen and oxygen atoms in total. The van der Waals surface area contributed by atoms with E-state index in [9.17, 15) is 0 Å². The number of halogens is 2. The Labute approximate surface area is 102 Å². The number of pyridine rings is 1. The second-order valence-corrected chi connectivity index (χ2v) is 4.18. The van der Waals surface area contributed by atoms with E-state index in [2.05, 4.69) is 27.5 Å². The molecule has 0 bridgehead atoms. The van der Waals surface area contributed by atoms with Gasteiger partial charge in [0.1, 0.15) is 5.15 Å². The Bertz CT molecular complexity index is 522. The van der Waals surface area contributed by atoms with Crippen molar-refractivity contribution < 1.29 is 0 Å². The second-order valence-electron chi connectivity index (χ2n) is 3.26. The quantitative estimate of drug-likeness (QED) is 0.591. The van der Waals surface area contributed by atoms with Crippen LogP contribution in [0.15, 0.2) is 36.9 Å². The van der Waals surface area contributed by atoms with Crippen LogP contribution >= 0.6 is 27.5 Å². The summed E-state index contributed by atoms with van der Waals surface area (Å²) in [5, 5.41) is 3.30. The van der Waals surface area contributed by atoms with Crippen LogP contribution in [-0.2, 0) is 0 Å². The van der Waals surface area contributed by atoms with E-state index in [-0.39, 0.29) is 0 Å². The lowest BCUT2D eigenvalue weighted by Gasteiger charge is -2.05. The van der Waals surface area contributed by atoms with Gasteiger partial charge in [-0.25, -0.2) is 4.98 Å². The molecule has 1 aromatic carbocycles. The summed E-state index contributed by atoms with van der Waals surface area (Å²) in [4.78, 5) is 4.31. The van der Waals surface area contributed by atoms with E-state index in [1.807, 2.05) is 30.3 Å². The van der Waals surface area contributed by atoms with Gasteiger partial charge in [0, 0.05) is 10.7 Å². The van der Waals surface area contributed by atoms with Gasteiger partial charge in [-0.2, -0.15) is 0 Å². The van der Waals surface area contributed by atoms with Crippen molar-refractivity contribution in [3.63, 3.8) is 0 Å². The molecule has 0 amide bonds. The van der Waals surface area contributed by atoms with Crippen molar-refractivity contribution in [3.8, 4) is 0 Å². The summed E-state index contributed by atoms with van der Waals surface area (Å²) in [5.74, 6) is 0. The molecule has 0 aliphatic rings. The highest BCUT2D eigenvalue weighted by molar-refractivity contribution is 9.09. The number of benzene rings is 1. The van der Waals surface area contributed by atoms with Gasteiger partial charge in [0.2, 0.25) is 0 Å². The summed E-state index contributed by atoms with van der Waals surface area (Å²) in [7, 11) is 0. The molecule has 0 fully saturated rings. The van der Waals surface area contributed by atoms with E-state index in [0.717, 1.165) is 22.0 Å². The van der Waals surface area contributed by atoms with Crippen LogP contribution in [0.1, 0.15) is 5.69 Å². The highest BCUT2D eigenvalue weighted by atomic mass is 79.9. The number of aromatic nitrogens is 1. The summed E-state index contributed by atoms with van der Waals surface area (Å²) in [6, 6.07) is 9.93. The van der Waals surface area contributed by atoms with Crippen LogP contribution in [0.5, 0.6) is 0 Å². The molecule has 76 valence electrons. The Morgan fingerprint density at radius 3 is 2.87 bits per heavy atom. The number of allylic oxidation sites excluding steroid dienone is 1. The van der Waals surface area contributed by atoms with Crippen LogP contribution in [0.3, 0.4) is 0 Å². The number of nitrogens with zero attached hydrogens (tertiary/aromatic N) is 1. The van der Waals surface area contributed by atoms with Crippen LogP contribution in [-0.4, -0.2) is 10.3 Å². The average Bonchev–Trinajstić information content (AvgIpc) is 2.28. The number of rotatable bonds is 2. The maximum Gasteiger partial charge on any atom is 0.137 e. The number of fused-ring (bicyclic) bond motifs is 1. The van der Waals surface area contributed by atoms with Crippen molar-refractivity contribution in [2.24, 2.45) is 0 Å². The first-order chi connectivity index (χ1) is 7.22. The van der Waals surface area contributed by atoms with Gasteiger partial charge in [0.25, 0.3) is 0 Å². The summed E-state index contributed by atoms with van der Waals surface area (Å²) in [6.45, 7) is 3.92. The minimum atomic E-state index is 0.533. The van der Waals surface area contributed by atoms with Gasteiger partial charge in [-0.3, -0.25) is 0 Å². The fourth-order valence-corrected chi connectivity index (χ4v) is 1.96. The van der Waals surface area contributed by atoms with E-state index in [1.165, 1.54) is 0 Å². The molecule has 3 heteroatoms. The van der Waals surface area contributed by atoms with Gasteiger partial charge in [-0.15, -0.1) is 0 Å². The predicted octanol–water partition coefficient (Wildman–Crippen LogP) is 4.30. The molecule has 0 saturated carbocycles. The summed E-state index contributed by atoms with van der Waals surface area (Å²) < 4.78 is 0. The van der Waals surface area contributed by atoms with Crippen LogP contribution < -0.4 is 0 Å². The standard InChI is InChI=1S/C12H9BrClN/c1-8(7-13)11-6-9-4-2-3-5-10(9)12(14)15-11/h2-6H,1,7H2. The van der Waals surface area contributed by atoms with Crippen LogP contribution in [0.2, 0.25) is 5.15 Å². The van der Waals surface area contributed by atoms with Crippen LogP contribution in [0, 0.1) is 0 Å². The lowest BCUT2D eigenvalue weighted by Crippen LogP contribution is -1.90. The van der Waals surface area contributed by atoms with Crippen molar-refractivity contribution in [1.29, 1.82) is 0 Å². The molecule has 0 aliphatic heterocycles. The summed E-state index contributed by atoms with van der Waals surface area (Å²) in [6.07, 6.45) is 0. The highest BCUT2D eigenvalue weighted by Gasteiger charge is 2.05. The number of alkyl halides is 1. The van der Waals surface area contributed by atoms with Gasteiger partial charge in [-0.05, 0) is 17.0 Å². The molecule has 15 heavy (non-hydrogen) atoms. The summed E-state index contributed by atoms with van der Waals surface area (Å²) in [5.41, 5.74) is 1.78. The fraction of sp³-hybridized carbons (Fsp3) is 0.0833. The SMILES string of the molecule is C=C(CBr)c1cc2ccccc2c(Cl)n1. The van der Waals surface area contributed by atoms with E-state index in [1.54, 1.807) is 0 Å². The lowest BCUT2D eigenvalue weighted by atomic mass is 10.1. The third-order valence-electron chi connectivity index (χ3n) is 2.22. The Balaban J connectivity index is 2.67. The molecule has 0 atom stereocenters. The smallest absolute Gasteiger partial charge is 0.137 e. The first kappa shape index (κ1) is 10.7. The van der Waals surface area contributed by atoms with Gasteiger partial charge >= 0.3 is 0 Å². The minimum Gasteiger partial charge on any atom is -0.236 e. The molecule has 0 spiro atoms. The highest BCUT2D eigenvalue weighted by Crippen LogP contribution is 2.25. The third-order valence-corrected chi connectivity index (χ3v) is 3.18. The van der Waals surface area contributed by atoms with Crippen molar-refractivity contribution in [1.82, 2.24) is 4.98 Å². The zero-order valence-electron chi connectivity index (χ0n) is 8.00. The Morgan fingerprint density at radius 1 is 1.40 bits per heavy atom. The molecule has 0 radical (unpaired) electrons. The van der Waals surface area contributed by atoms with Crippen molar-refractivity contribution in [2.45, 2.75) is 0 Å². The normalized spacial score (nSPS) is 10.5. The summed E-state index contributed by atoms with van der Waals surface area (Å²) >= 11 is 9.45. The number of hydrogen-bond donors (Lipinski definition) is 0. The molecule has 1 heterocycles. The van der Waals surface area contributed by atoms with E-state index in [4.69, 9.17) is 11.6 Å². The van der Waals surface area contributed by atoms with Gasteiger partial charge in [0.05, 0.1) is 5.69 Å². The molecular formula is C12H9BrClN. The molecular weight excluding hydrogens is 273 g/mol. The van der Waals surface area contributed by atoms with Gasteiger partial charge in [-0.1, -0.05) is 58.4 Å². The van der Waals surface area contributed by atoms with E-state index >= 15 is 0 Å². The first-order valence-electron chi connectivity index (χ1n) is 4.52. The topological polar surface area (TPSA) is 12.9 Å². The van der Waals surface area contributed by atoms with Crippen molar-refractivity contribution >= 4 is 43.9 Å². The molecule has 2 rings (SSSR count). The van der Waals surface area contributed by atoms with Crippen LogP contribution in [0.4, 0.5) is 0 Å². The monoisotopic (exact) mass is 281 g/mol. The molecule has 0 unspecified atom stereocenters. The van der Waals surface area contributed by atoms with Gasteiger partial charge in [0.15, 0.2) is 0 Å². The molecule has 0 saturated heterocycles. The Kier molecular flexibility index (Phi) is 3.08. The lowest BCUT2D eigenvalue weighted by molar-refractivity contribution is 1.30.